The minimum Gasteiger partial charge on any atom is -0.0758 e. The van der Waals surface area contributed by atoms with Crippen LogP contribution in [0.4, 0.5) is 0 Å². The van der Waals surface area contributed by atoms with E-state index >= 15 is 0 Å². The average molecular weight is 361 g/mol. The summed E-state index contributed by atoms with van der Waals surface area (Å²) in [7, 11) is 0. The van der Waals surface area contributed by atoms with Crippen molar-refractivity contribution in [3.05, 3.63) is 65.2 Å². The van der Waals surface area contributed by atoms with Crippen molar-refractivity contribution in [2.75, 3.05) is 0 Å². The van der Waals surface area contributed by atoms with E-state index in [0.717, 1.165) is 11.8 Å². The van der Waals surface area contributed by atoms with E-state index < -0.39 is 0 Å². The van der Waals surface area contributed by atoms with Crippen molar-refractivity contribution in [1.29, 1.82) is 0 Å². The fourth-order valence-electron chi connectivity index (χ4n) is 4.52. The number of allylic oxidation sites excluding steroid dienone is 1. The van der Waals surface area contributed by atoms with E-state index in [1.807, 2.05) is 0 Å². The standard InChI is InChI=1S/C27H36/c1-4-5-6-7-22-8-12-24(13-9-22)26-16-18-27(19-17-26)25-14-10-23(11-15-25)20-21(2)3/h10-11,14-20,22,24H,4-9,12-13H2,1-3H3/t22-,24-. The minimum absolute atomic E-state index is 0.779. The van der Waals surface area contributed by atoms with Crippen molar-refractivity contribution in [3.8, 4) is 11.1 Å². The first-order chi connectivity index (χ1) is 13.2. The van der Waals surface area contributed by atoms with Crippen LogP contribution in [0, 0.1) is 5.92 Å². The molecule has 0 saturated heterocycles. The van der Waals surface area contributed by atoms with Gasteiger partial charge in [-0.25, -0.2) is 0 Å². The molecule has 0 N–H and O–H groups in total. The first-order valence-electron chi connectivity index (χ1n) is 11.0. The third-order valence-electron chi connectivity index (χ3n) is 6.14. The van der Waals surface area contributed by atoms with Gasteiger partial charge in [-0.15, -0.1) is 0 Å². The van der Waals surface area contributed by atoms with Crippen LogP contribution in [0.1, 0.15) is 89.2 Å². The Morgan fingerprint density at radius 3 is 1.96 bits per heavy atom. The van der Waals surface area contributed by atoms with Gasteiger partial charge >= 0.3 is 0 Å². The van der Waals surface area contributed by atoms with Gasteiger partial charge in [-0.2, -0.15) is 0 Å². The van der Waals surface area contributed by atoms with E-state index in [1.54, 1.807) is 5.56 Å². The summed E-state index contributed by atoms with van der Waals surface area (Å²) < 4.78 is 0. The summed E-state index contributed by atoms with van der Waals surface area (Å²) in [5, 5.41) is 0. The lowest BCUT2D eigenvalue weighted by Crippen LogP contribution is -2.13. The Balaban J connectivity index is 1.57. The maximum Gasteiger partial charge on any atom is -0.0162 e. The SMILES string of the molecule is CCCCC[C@H]1CC[C@H](c2ccc(-c3ccc(C=C(C)C)cc3)cc2)CC1. The van der Waals surface area contributed by atoms with Gasteiger partial charge in [0.05, 0.1) is 0 Å². The van der Waals surface area contributed by atoms with Crippen molar-refractivity contribution >= 4 is 6.08 Å². The van der Waals surface area contributed by atoms with Crippen LogP contribution in [0.25, 0.3) is 17.2 Å². The number of benzene rings is 2. The average Bonchev–Trinajstić information content (AvgIpc) is 2.69. The normalized spacial score (nSPS) is 19.7. The molecule has 1 saturated carbocycles. The van der Waals surface area contributed by atoms with Crippen molar-refractivity contribution < 1.29 is 0 Å². The van der Waals surface area contributed by atoms with Gasteiger partial charge in [0.15, 0.2) is 0 Å². The maximum atomic E-state index is 2.38. The Morgan fingerprint density at radius 2 is 1.41 bits per heavy atom. The molecule has 0 heteroatoms. The first-order valence-corrected chi connectivity index (χ1v) is 11.0. The van der Waals surface area contributed by atoms with Crippen LogP contribution in [0.2, 0.25) is 0 Å². The van der Waals surface area contributed by atoms with Crippen LogP contribution < -0.4 is 0 Å². The van der Waals surface area contributed by atoms with Gasteiger partial charge in [-0.05, 0) is 73.6 Å². The highest BCUT2D eigenvalue weighted by Crippen LogP contribution is 2.38. The second-order valence-electron chi connectivity index (χ2n) is 8.68. The zero-order valence-electron chi connectivity index (χ0n) is 17.5. The molecule has 27 heavy (non-hydrogen) atoms. The topological polar surface area (TPSA) is 0 Å². The van der Waals surface area contributed by atoms with E-state index in [4.69, 9.17) is 0 Å². The molecule has 2 aromatic carbocycles. The third-order valence-corrected chi connectivity index (χ3v) is 6.14. The van der Waals surface area contributed by atoms with Gasteiger partial charge in [0.2, 0.25) is 0 Å². The van der Waals surface area contributed by atoms with Crippen LogP contribution in [0.5, 0.6) is 0 Å². The molecule has 0 amide bonds. The summed E-state index contributed by atoms with van der Waals surface area (Å²) in [5.74, 6) is 1.77. The second-order valence-corrected chi connectivity index (χ2v) is 8.68. The predicted octanol–water partition coefficient (Wildman–Crippen LogP) is 8.63. The van der Waals surface area contributed by atoms with Crippen molar-refractivity contribution in [3.63, 3.8) is 0 Å². The molecule has 0 atom stereocenters. The monoisotopic (exact) mass is 360 g/mol. The van der Waals surface area contributed by atoms with E-state index in [2.05, 4.69) is 75.4 Å². The Hall–Kier alpha value is -1.82. The van der Waals surface area contributed by atoms with Crippen molar-refractivity contribution in [1.82, 2.24) is 0 Å². The van der Waals surface area contributed by atoms with Crippen LogP contribution in [-0.2, 0) is 0 Å². The van der Waals surface area contributed by atoms with Crippen molar-refractivity contribution in [2.24, 2.45) is 5.92 Å². The number of hydrogen-bond acceptors (Lipinski definition) is 0. The predicted molar refractivity (Wildman–Crippen MR) is 120 cm³/mol. The molecule has 0 aliphatic heterocycles. The largest absolute Gasteiger partial charge is 0.0758 e. The molecule has 0 spiro atoms. The fourth-order valence-corrected chi connectivity index (χ4v) is 4.52. The van der Waals surface area contributed by atoms with Gasteiger partial charge in [-0.1, -0.05) is 92.8 Å². The molecule has 0 aromatic heterocycles. The van der Waals surface area contributed by atoms with Crippen molar-refractivity contribution in [2.45, 2.75) is 78.1 Å². The Labute approximate surface area is 166 Å². The fraction of sp³-hybridized carbons (Fsp3) is 0.481. The Morgan fingerprint density at radius 1 is 0.815 bits per heavy atom. The van der Waals surface area contributed by atoms with Gasteiger partial charge in [0, 0.05) is 0 Å². The third kappa shape index (κ3) is 5.83. The lowest BCUT2D eigenvalue weighted by atomic mass is 9.77. The molecule has 0 bridgehead atoms. The Kier molecular flexibility index (Phi) is 7.33. The lowest BCUT2D eigenvalue weighted by molar-refractivity contribution is 0.303. The lowest BCUT2D eigenvalue weighted by Gasteiger charge is -2.29. The van der Waals surface area contributed by atoms with Crippen LogP contribution >= 0.6 is 0 Å². The number of rotatable bonds is 7. The number of hydrogen-bond donors (Lipinski definition) is 0. The summed E-state index contributed by atoms with van der Waals surface area (Å²) >= 11 is 0. The molecule has 2 aromatic rings. The zero-order valence-corrected chi connectivity index (χ0v) is 17.5. The first kappa shape index (κ1) is 19.9. The van der Waals surface area contributed by atoms with Crippen LogP contribution in [-0.4, -0.2) is 0 Å². The molecular weight excluding hydrogens is 324 g/mol. The van der Waals surface area contributed by atoms with Gasteiger partial charge in [-0.3, -0.25) is 0 Å². The highest BCUT2D eigenvalue weighted by Gasteiger charge is 2.21. The highest BCUT2D eigenvalue weighted by atomic mass is 14.3. The van der Waals surface area contributed by atoms with E-state index in [9.17, 15) is 0 Å². The van der Waals surface area contributed by atoms with Gasteiger partial charge in [0.1, 0.15) is 0 Å². The molecule has 1 aliphatic rings. The van der Waals surface area contributed by atoms with Crippen LogP contribution in [0.3, 0.4) is 0 Å². The zero-order chi connectivity index (χ0) is 19.1. The molecule has 3 rings (SSSR count). The summed E-state index contributed by atoms with van der Waals surface area (Å²) in [6, 6.07) is 18.3. The summed E-state index contributed by atoms with van der Waals surface area (Å²) in [4.78, 5) is 0. The Bertz CT molecular complexity index is 706. The van der Waals surface area contributed by atoms with E-state index in [0.29, 0.717) is 0 Å². The molecule has 1 fully saturated rings. The molecule has 0 nitrogen and oxygen atoms in total. The summed E-state index contributed by atoms with van der Waals surface area (Å²) in [5.41, 5.74) is 6.81. The molecule has 1 aliphatic carbocycles. The molecule has 0 radical (unpaired) electrons. The molecule has 0 heterocycles. The minimum atomic E-state index is 0.779. The highest BCUT2D eigenvalue weighted by molar-refractivity contribution is 5.66. The van der Waals surface area contributed by atoms with E-state index in [-0.39, 0.29) is 0 Å². The van der Waals surface area contributed by atoms with E-state index in [1.165, 1.54) is 73.6 Å². The smallest absolute Gasteiger partial charge is 0.0162 e. The summed E-state index contributed by atoms with van der Waals surface area (Å²) in [6.45, 7) is 6.59. The number of unbranched alkanes of at least 4 members (excludes halogenated alkanes) is 2. The summed E-state index contributed by atoms with van der Waals surface area (Å²) in [6.07, 6.45) is 13.5. The maximum absolute atomic E-state index is 2.38. The molecular formula is C27H36. The van der Waals surface area contributed by atoms with Gasteiger partial charge in [0.25, 0.3) is 0 Å². The second kappa shape index (κ2) is 9.93. The molecule has 144 valence electrons. The van der Waals surface area contributed by atoms with Crippen LogP contribution in [0.15, 0.2) is 54.1 Å². The molecule has 0 unspecified atom stereocenters. The van der Waals surface area contributed by atoms with Gasteiger partial charge < -0.3 is 0 Å². The quantitative estimate of drug-likeness (QED) is 0.433.